The molecule has 1 saturated heterocycles. The molecule has 10 heteroatoms. The third-order valence-corrected chi connectivity index (χ3v) is 5.78. The van der Waals surface area contributed by atoms with Crippen molar-refractivity contribution >= 4 is 33.0 Å². The number of imidazole rings is 1. The van der Waals surface area contributed by atoms with E-state index >= 15 is 0 Å². The predicted octanol–water partition coefficient (Wildman–Crippen LogP) is 0.348. The van der Waals surface area contributed by atoms with E-state index in [-0.39, 0.29) is 6.61 Å². The summed E-state index contributed by atoms with van der Waals surface area (Å²) in [6.45, 7) is 4.31. The molecule has 1 fully saturated rings. The summed E-state index contributed by atoms with van der Waals surface area (Å²) in [6.07, 6.45) is 0. The average molecular weight is 463 g/mol. The monoisotopic (exact) mass is 462 g/mol. The number of anilines is 1. The molecule has 0 spiro atoms. The van der Waals surface area contributed by atoms with Gasteiger partial charge in [0.25, 0.3) is 5.56 Å². The molecule has 154 valence electrons. The molecule has 2 N–H and O–H groups in total. The summed E-state index contributed by atoms with van der Waals surface area (Å²) in [7, 11) is 1.61. The largest absolute Gasteiger partial charge is 0.395 e. The first-order valence-corrected chi connectivity index (χ1v) is 10.3. The number of nitrogens with zero attached hydrogens (tertiary/aromatic N) is 5. The number of aliphatic hydroxyl groups is 1. The lowest BCUT2D eigenvalue weighted by atomic mass is 10.2. The van der Waals surface area contributed by atoms with E-state index in [0.717, 1.165) is 36.2 Å². The molecule has 0 atom stereocenters. The Bertz CT molecular complexity index is 1140. The number of H-pyrrole nitrogens is 1. The number of benzene rings is 1. The SMILES string of the molecule is Cn1c(=O)[nH]c(=O)c2c1nc(N1CCN(CCO)CC1)n2Cc1cccc(Br)c1. The zero-order valence-electron chi connectivity index (χ0n) is 16.1. The van der Waals surface area contributed by atoms with Gasteiger partial charge in [-0.1, -0.05) is 28.1 Å². The molecule has 0 saturated carbocycles. The first-order valence-electron chi connectivity index (χ1n) is 9.50. The number of hydrogen-bond donors (Lipinski definition) is 2. The van der Waals surface area contributed by atoms with Crippen molar-refractivity contribution in [3.05, 3.63) is 55.1 Å². The molecule has 0 bridgehead atoms. The quantitative estimate of drug-likeness (QED) is 0.567. The highest BCUT2D eigenvalue weighted by molar-refractivity contribution is 9.10. The number of halogens is 1. The van der Waals surface area contributed by atoms with Gasteiger partial charge in [0.05, 0.1) is 13.2 Å². The maximum Gasteiger partial charge on any atom is 0.329 e. The fourth-order valence-corrected chi connectivity index (χ4v) is 4.19. The minimum absolute atomic E-state index is 0.138. The summed E-state index contributed by atoms with van der Waals surface area (Å²) in [5.74, 6) is 0.676. The molecular weight excluding hydrogens is 440 g/mol. The molecule has 0 radical (unpaired) electrons. The van der Waals surface area contributed by atoms with Crippen LogP contribution < -0.4 is 16.1 Å². The highest BCUT2D eigenvalue weighted by atomic mass is 79.9. The van der Waals surface area contributed by atoms with Crippen molar-refractivity contribution in [2.45, 2.75) is 6.54 Å². The van der Waals surface area contributed by atoms with Crippen LogP contribution in [0.4, 0.5) is 5.95 Å². The van der Waals surface area contributed by atoms with Gasteiger partial charge < -0.3 is 10.0 Å². The van der Waals surface area contributed by atoms with Crippen LogP contribution in [0.2, 0.25) is 0 Å². The summed E-state index contributed by atoms with van der Waals surface area (Å²) in [5, 5.41) is 9.17. The Morgan fingerprint density at radius 2 is 1.97 bits per heavy atom. The first kappa shape index (κ1) is 19.9. The topological polar surface area (TPSA) is 99.4 Å². The minimum atomic E-state index is -0.478. The van der Waals surface area contributed by atoms with Crippen LogP contribution in [-0.2, 0) is 13.6 Å². The number of aliphatic hydroxyl groups excluding tert-OH is 1. The zero-order chi connectivity index (χ0) is 20.5. The van der Waals surface area contributed by atoms with Crippen LogP contribution in [0.3, 0.4) is 0 Å². The van der Waals surface area contributed by atoms with Crippen molar-refractivity contribution in [1.82, 2.24) is 24.0 Å². The third-order valence-electron chi connectivity index (χ3n) is 5.29. The van der Waals surface area contributed by atoms with Gasteiger partial charge in [0.1, 0.15) is 0 Å². The summed E-state index contributed by atoms with van der Waals surface area (Å²) in [6, 6.07) is 7.90. The van der Waals surface area contributed by atoms with Gasteiger partial charge in [0, 0.05) is 44.2 Å². The maximum atomic E-state index is 12.7. The molecule has 4 rings (SSSR count). The first-order chi connectivity index (χ1) is 14.0. The Labute approximate surface area is 175 Å². The van der Waals surface area contributed by atoms with Crippen molar-refractivity contribution in [2.24, 2.45) is 7.05 Å². The fraction of sp³-hybridized carbons (Fsp3) is 0.421. The second-order valence-corrected chi connectivity index (χ2v) is 8.09. The van der Waals surface area contributed by atoms with E-state index in [2.05, 4.69) is 30.7 Å². The number of fused-ring (bicyclic) bond motifs is 1. The number of nitrogens with one attached hydrogen (secondary N) is 1. The number of hydrogen-bond acceptors (Lipinski definition) is 6. The molecule has 3 aromatic rings. The summed E-state index contributed by atoms with van der Waals surface area (Å²) < 4.78 is 4.22. The molecule has 3 heterocycles. The van der Waals surface area contributed by atoms with Gasteiger partial charge >= 0.3 is 5.69 Å². The second-order valence-electron chi connectivity index (χ2n) is 7.17. The van der Waals surface area contributed by atoms with Gasteiger partial charge in [0.15, 0.2) is 11.2 Å². The predicted molar refractivity (Wildman–Crippen MR) is 115 cm³/mol. The average Bonchev–Trinajstić information content (AvgIpc) is 3.07. The van der Waals surface area contributed by atoms with Gasteiger partial charge in [-0.3, -0.25) is 23.8 Å². The molecule has 1 aliphatic heterocycles. The molecule has 9 nitrogen and oxygen atoms in total. The van der Waals surface area contributed by atoms with E-state index in [1.165, 1.54) is 4.57 Å². The van der Waals surface area contributed by atoms with E-state index in [1.807, 2.05) is 28.8 Å². The highest BCUT2D eigenvalue weighted by Crippen LogP contribution is 2.23. The standard InChI is InChI=1S/C19H23BrN6O3/c1-23-16-15(17(28)22-19(23)29)26(12-13-3-2-4-14(20)11-13)18(21-16)25-7-5-24(6-8-25)9-10-27/h2-4,11,27H,5-10,12H2,1H3,(H,22,28,29). The van der Waals surface area contributed by atoms with Crippen LogP contribution in [0.25, 0.3) is 11.2 Å². The molecule has 1 aromatic carbocycles. The number of aryl methyl sites for hydroxylation is 1. The van der Waals surface area contributed by atoms with E-state index < -0.39 is 11.2 Å². The molecule has 29 heavy (non-hydrogen) atoms. The lowest BCUT2D eigenvalue weighted by molar-refractivity contribution is 0.188. The van der Waals surface area contributed by atoms with Crippen LogP contribution in [0, 0.1) is 0 Å². The van der Waals surface area contributed by atoms with E-state index in [4.69, 9.17) is 10.1 Å². The maximum absolute atomic E-state index is 12.7. The van der Waals surface area contributed by atoms with Crippen molar-refractivity contribution in [2.75, 3.05) is 44.2 Å². The van der Waals surface area contributed by atoms with E-state index in [0.29, 0.717) is 30.2 Å². The summed E-state index contributed by atoms with van der Waals surface area (Å²) in [4.78, 5) is 36.2. The van der Waals surface area contributed by atoms with Gasteiger partial charge in [-0.15, -0.1) is 0 Å². The van der Waals surface area contributed by atoms with Crippen molar-refractivity contribution in [3.63, 3.8) is 0 Å². The fourth-order valence-electron chi connectivity index (χ4n) is 3.75. The van der Waals surface area contributed by atoms with Gasteiger partial charge in [-0.25, -0.2) is 4.79 Å². The number of piperazine rings is 1. The van der Waals surface area contributed by atoms with Crippen molar-refractivity contribution in [3.8, 4) is 0 Å². The summed E-state index contributed by atoms with van der Waals surface area (Å²) in [5.41, 5.74) is 0.873. The second kappa shape index (κ2) is 8.13. The number of aromatic amines is 1. The summed E-state index contributed by atoms with van der Waals surface area (Å²) >= 11 is 3.49. The van der Waals surface area contributed by atoms with Crippen LogP contribution in [0.5, 0.6) is 0 Å². The lowest BCUT2D eigenvalue weighted by Crippen LogP contribution is -2.48. The van der Waals surface area contributed by atoms with Crippen molar-refractivity contribution in [1.29, 1.82) is 0 Å². The molecule has 2 aromatic heterocycles. The Hall–Kier alpha value is -2.43. The smallest absolute Gasteiger partial charge is 0.329 e. The van der Waals surface area contributed by atoms with Crippen LogP contribution in [0.15, 0.2) is 38.3 Å². The minimum Gasteiger partial charge on any atom is -0.395 e. The van der Waals surface area contributed by atoms with E-state index in [1.54, 1.807) is 7.05 Å². The van der Waals surface area contributed by atoms with E-state index in [9.17, 15) is 9.59 Å². The number of β-amino-alcohol motifs (C(OH)–C–C–N with tert-alkyl or cyclic N) is 1. The molecule has 0 amide bonds. The van der Waals surface area contributed by atoms with Crippen LogP contribution in [-0.4, -0.2) is 68.4 Å². The number of aromatic nitrogens is 4. The zero-order valence-corrected chi connectivity index (χ0v) is 17.7. The Kier molecular flexibility index (Phi) is 5.57. The Balaban J connectivity index is 1.80. The van der Waals surface area contributed by atoms with Gasteiger partial charge in [-0.2, -0.15) is 4.98 Å². The molecule has 0 unspecified atom stereocenters. The number of rotatable bonds is 5. The van der Waals surface area contributed by atoms with Gasteiger partial charge in [-0.05, 0) is 17.7 Å². The van der Waals surface area contributed by atoms with Crippen LogP contribution >= 0.6 is 15.9 Å². The Morgan fingerprint density at radius 3 is 2.66 bits per heavy atom. The third kappa shape index (κ3) is 3.87. The van der Waals surface area contributed by atoms with Crippen LogP contribution in [0.1, 0.15) is 5.56 Å². The molecule has 0 aliphatic carbocycles. The van der Waals surface area contributed by atoms with Crippen molar-refractivity contribution < 1.29 is 5.11 Å². The lowest BCUT2D eigenvalue weighted by Gasteiger charge is -2.35. The van der Waals surface area contributed by atoms with Gasteiger partial charge in [0.2, 0.25) is 5.95 Å². The molecule has 1 aliphatic rings. The highest BCUT2D eigenvalue weighted by Gasteiger charge is 2.24. The normalized spacial score (nSPS) is 15.3. The Morgan fingerprint density at radius 1 is 1.21 bits per heavy atom. The molecular formula is C19H23BrN6O3.